The number of nitrogens with zero attached hydrogens (tertiary/aromatic N) is 5. The highest BCUT2D eigenvalue weighted by Gasteiger charge is 2.26. The van der Waals surface area contributed by atoms with Crippen molar-refractivity contribution < 1.29 is 4.79 Å². The Labute approximate surface area is 151 Å². The van der Waals surface area contributed by atoms with Crippen LogP contribution in [-0.4, -0.2) is 42.4 Å². The van der Waals surface area contributed by atoms with Crippen LogP contribution in [0.5, 0.6) is 0 Å². The van der Waals surface area contributed by atoms with Gasteiger partial charge in [-0.25, -0.2) is 4.79 Å². The second-order valence-corrected chi connectivity index (χ2v) is 6.38. The molecule has 3 aromatic rings. The molecule has 1 aliphatic rings. The topological polar surface area (TPSA) is 91.7 Å². The fraction of sp³-hybridized carbons (Fsp3) is 0.333. The summed E-state index contributed by atoms with van der Waals surface area (Å²) in [4.78, 5) is 18.6. The third-order valence-electron chi connectivity index (χ3n) is 4.67. The predicted octanol–water partition coefficient (Wildman–Crippen LogP) is 2.59. The molecule has 0 saturated carbocycles. The normalized spacial score (nSPS) is 13.5. The smallest absolute Gasteiger partial charge is 0.320 e. The van der Waals surface area contributed by atoms with E-state index in [1.54, 1.807) is 17.3 Å². The number of urea groups is 1. The quantitative estimate of drug-likeness (QED) is 0.759. The number of anilines is 1. The Balaban J connectivity index is 1.53. The maximum Gasteiger partial charge on any atom is 0.323 e. The zero-order valence-electron chi connectivity index (χ0n) is 14.9. The summed E-state index contributed by atoms with van der Waals surface area (Å²) in [5.41, 5.74) is 4.99. The van der Waals surface area contributed by atoms with Gasteiger partial charge in [0.05, 0.1) is 12.2 Å². The second kappa shape index (κ2) is 6.62. The lowest BCUT2D eigenvalue weighted by Gasteiger charge is -2.27. The Kier molecular flexibility index (Phi) is 4.16. The van der Waals surface area contributed by atoms with Gasteiger partial charge in [0.15, 0.2) is 5.82 Å². The highest BCUT2D eigenvalue weighted by Crippen LogP contribution is 2.28. The Morgan fingerprint density at radius 2 is 2.15 bits per heavy atom. The number of hydrogen-bond acceptors (Lipinski definition) is 4. The van der Waals surface area contributed by atoms with Crippen LogP contribution in [0.15, 0.2) is 30.7 Å². The second-order valence-electron chi connectivity index (χ2n) is 6.38. The molecule has 2 amide bonds. The Morgan fingerprint density at radius 3 is 2.88 bits per heavy atom. The van der Waals surface area contributed by atoms with E-state index in [2.05, 4.69) is 25.6 Å². The molecule has 4 rings (SSSR count). The Bertz CT molecular complexity index is 928. The largest absolute Gasteiger partial charge is 0.323 e. The maximum absolute atomic E-state index is 12.7. The van der Waals surface area contributed by atoms with E-state index in [0.29, 0.717) is 18.9 Å². The van der Waals surface area contributed by atoms with E-state index < -0.39 is 0 Å². The lowest BCUT2D eigenvalue weighted by Crippen LogP contribution is -2.39. The van der Waals surface area contributed by atoms with Gasteiger partial charge in [-0.05, 0) is 26.0 Å². The number of rotatable bonds is 3. The van der Waals surface area contributed by atoms with E-state index in [0.717, 1.165) is 41.0 Å². The number of pyridine rings is 1. The van der Waals surface area contributed by atoms with Crippen LogP contribution >= 0.6 is 0 Å². The minimum Gasteiger partial charge on any atom is -0.320 e. The van der Waals surface area contributed by atoms with E-state index in [-0.39, 0.29) is 6.03 Å². The van der Waals surface area contributed by atoms with Gasteiger partial charge in [0.1, 0.15) is 0 Å². The predicted molar refractivity (Wildman–Crippen MR) is 97.6 cm³/mol. The fourth-order valence-electron chi connectivity index (χ4n) is 3.20. The molecule has 8 heteroatoms. The van der Waals surface area contributed by atoms with Gasteiger partial charge in [0, 0.05) is 60.5 Å². The van der Waals surface area contributed by atoms with E-state index in [9.17, 15) is 4.79 Å². The lowest BCUT2D eigenvalue weighted by atomic mass is 10.0. The third kappa shape index (κ3) is 2.94. The Hall–Kier alpha value is -3.16. The third-order valence-corrected chi connectivity index (χ3v) is 4.67. The molecule has 1 aliphatic heterocycles. The zero-order valence-corrected chi connectivity index (χ0v) is 14.9. The number of hydrogen-bond donors (Lipinski definition) is 2. The number of carbonyl (C=O) groups is 1. The summed E-state index contributed by atoms with van der Waals surface area (Å²) in [5.74, 6) is 0.615. The molecule has 0 fully saturated rings. The molecule has 26 heavy (non-hydrogen) atoms. The van der Waals surface area contributed by atoms with Crippen LogP contribution in [0.3, 0.4) is 0 Å². The molecule has 0 atom stereocenters. The Morgan fingerprint density at radius 1 is 1.35 bits per heavy atom. The first-order valence-electron chi connectivity index (χ1n) is 8.72. The number of fused-ring (bicyclic) bond motifs is 1. The van der Waals surface area contributed by atoms with Crippen LogP contribution in [-0.2, 0) is 19.5 Å². The molecule has 0 bridgehead atoms. The first-order chi connectivity index (χ1) is 12.7. The molecular weight excluding hydrogens is 330 g/mol. The van der Waals surface area contributed by atoms with Crippen molar-refractivity contribution in [3.63, 3.8) is 0 Å². The van der Waals surface area contributed by atoms with Gasteiger partial charge >= 0.3 is 6.03 Å². The van der Waals surface area contributed by atoms with Crippen LogP contribution in [0.25, 0.3) is 11.3 Å². The number of H-pyrrole nitrogens is 1. The molecule has 0 saturated heterocycles. The van der Waals surface area contributed by atoms with Crippen molar-refractivity contribution in [2.45, 2.75) is 33.4 Å². The van der Waals surface area contributed by atoms with E-state index in [1.807, 2.05) is 36.9 Å². The number of amides is 2. The molecule has 4 heterocycles. The van der Waals surface area contributed by atoms with Crippen molar-refractivity contribution >= 4 is 11.8 Å². The number of carbonyl (C=O) groups excluding carboxylic acids is 1. The molecule has 0 radical (unpaired) electrons. The lowest BCUT2D eigenvalue weighted by molar-refractivity contribution is 0.206. The van der Waals surface area contributed by atoms with Crippen molar-refractivity contribution in [3.8, 4) is 11.3 Å². The molecule has 0 aromatic carbocycles. The maximum atomic E-state index is 12.7. The first kappa shape index (κ1) is 16.3. The summed E-state index contributed by atoms with van der Waals surface area (Å²) < 4.78 is 1.82. The van der Waals surface area contributed by atoms with E-state index in [1.165, 1.54) is 0 Å². The molecule has 0 aliphatic carbocycles. The van der Waals surface area contributed by atoms with Crippen molar-refractivity contribution in [2.24, 2.45) is 0 Å². The molecule has 0 unspecified atom stereocenters. The molecule has 0 spiro atoms. The van der Waals surface area contributed by atoms with Crippen molar-refractivity contribution in [1.82, 2.24) is 29.9 Å². The van der Waals surface area contributed by atoms with Gasteiger partial charge in [0.2, 0.25) is 0 Å². The standard InChI is InChI=1S/C18H21N7O/c1-3-25-10-12(2)17(23-25)20-18(26)24-9-6-15-14(11-24)16(22-21-15)13-4-7-19-8-5-13/h4-5,7-8,10H,3,6,9,11H2,1-2H3,(H,21,22)(H,20,23,26). The highest BCUT2D eigenvalue weighted by molar-refractivity contribution is 5.89. The molecule has 2 N–H and O–H groups in total. The first-order valence-corrected chi connectivity index (χ1v) is 8.72. The summed E-state index contributed by atoms with van der Waals surface area (Å²) in [5, 5.41) is 14.9. The summed E-state index contributed by atoms with van der Waals surface area (Å²) >= 11 is 0. The van der Waals surface area contributed by atoms with Gasteiger partial charge in [0.25, 0.3) is 0 Å². The molecule has 8 nitrogen and oxygen atoms in total. The average molecular weight is 351 g/mol. The van der Waals surface area contributed by atoms with Gasteiger partial charge in [-0.3, -0.25) is 20.1 Å². The fourth-order valence-corrected chi connectivity index (χ4v) is 3.20. The number of aromatic amines is 1. The number of nitrogens with one attached hydrogen (secondary N) is 2. The minimum atomic E-state index is -0.137. The van der Waals surface area contributed by atoms with E-state index >= 15 is 0 Å². The van der Waals surface area contributed by atoms with Crippen LogP contribution in [0, 0.1) is 6.92 Å². The van der Waals surface area contributed by atoms with Gasteiger partial charge in [-0.2, -0.15) is 10.2 Å². The summed E-state index contributed by atoms with van der Waals surface area (Å²) in [6.45, 7) is 5.89. The zero-order chi connectivity index (χ0) is 18.1. The van der Waals surface area contributed by atoms with Crippen LogP contribution < -0.4 is 5.32 Å². The van der Waals surface area contributed by atoms with Crippen molar-refractivity contribution in [3.05, 3.63) is 47.5 Å². The van der Waals surface area contributed by atoms with Crippen molar-refractivity contribution in [1.29, 1.82) is 0 Å². The highest BCUT2D eigenvalue weighted by atomic mass is 16.2. The molecular formula is C18H21N7O. The number of aryl methyl sites for hydroxylation is 2. The number of aromatic nitrogens is 5. The van der Waals surface area contributed by atoms with E-state index in [4.69, 9.17) is 0 Å². The van der Waals surface area contributed by atoms with Crippen molar-refractivity contribution in [2.75, 3.05) is 11.9 Å². The minimum absolute atomic E-state index is 0.137. The van der Waals surface area contributed by atoms with Crippen LogP contribution in [0.4, 0.5) is 10.6 Å². The SMILES string of the molecule is CCn1cc(C)c(NC(=O)N2CCc3[nH]nc(-c4ccncc4)c3C2)n1. The summed E-state index contributed by atoms with van der Waals surface area (Å²) in [7, 11) is 0. The average Bonchev–Trinajstić information content (AvgIpc) is 3.25. The summed E-state index contributed by atoms with van der Waals surface area (Å²) in [6, 6.07) is 3.72. The molecule has 134 valence electrons. The monoisotopic (exact) mass is 351 g/mol. The van der Waals surface area contributed by atoms with Crippen LogP contribution in [0.2, 0.25) is 0 Å². The molecule has 3 aromatic heterocycles. The van der Waals surface area contributed by atoms with Crippen LogP contribution in [0.1, 0.15) is 23.7 Å². The van der Waals surface area contributed by atoms with Gasteiger partial charge in [-0.1, -0.05) is 0 Å². The van der Waals surface area contributed by atoms with Gasteiger partial charge in [-0.15, -0.1) is 0 Å². The van der Waals surface area contributed by atoms with Gasteiger partial charge < -0.3 is 4.90 Å². The summed E-state index contributed by atoms with van der Waals surface area (Å²) in [6.07, 6.45) is 6.18.